The molecule has 2 aromatic heterocycles. The van der Waals surface area contributed by atoms with Gasteiger partial charge < -0.3 is 5.73 Å². The van der Waals surface area contributed by atoms with Crippen LogP contribution >= 0.6 is 0 Å². The molecule has 0 aromatic carbocycles. The Morgan fingerprint density at radius 2 is 2.09 bits per heavy atom. The molecule has 1 amide bonds. The van der Waals surface area contributed by atoms with Gasteiger partial charge in [0, 0.05) is 26.5 Å². The van der Waals surface area contributed by atoms with Crippen molar-refractivity contribution in [2.45, 2.75) is 0 Å². The lowest BCUT2D eigenvalue weighted by Gasteiger charge is -2.08. The molecule has 9 nitrogen and oxygen atoms in total. The number of anilines is 1. The second-order valence-corrected chi connectivity index (χ2v) is 4.45. The highest BCUT2D eigenvalue weighted by molar-refractivity contribution is 5.94. The molecule has 2 rings (SSSR count). The number of nitrogens with zero attached hydrogens (tertiary/aromatic N) is 4. The number of pyridine rings is 1. The average molecular weight is 302 g/mol. The molecular formula is C13H14N6O3. The normalized spacial score (nSPS) is 10.8. The van der Waals surface area contributed by atoms with Crippen molar-refractivity contribution in [1.82, 2.24) is 19.5 Å². The molecule has 0 saturated heterocycles. The van der Waals surface area contributed by atoms with Gasteiger partial charge in [0.2, 0.25) is 0 Å². The molecule has 0 bridgehead atoms. The Bertz CT molecular complexity index is 851. The number of hydrogen-bond donors (Lipinski definition) is 2. The fraction of sp³-hybridized carbons (Fsp3) is 0.154. The molecule has 0 saturated carbocycles. The van der Waals surface area contributed by atoms with E-state index in [1.54, 1.807) is 12.1 Å². The molecule has 2 aromatic rings. The van der Waals surface area contributed by atoms with Gasteiger partial charge in [-0.3, -0.25) is 23.7 Å². The van der Waals surface area contributed by atoms with Gasteiger partial charge in [0.1, 0.15) is 11.4 Å². The van der Waals surface area contributed by atoms with Gasteiger partial charge in [-0.1, -0.05) is 0 Å². The van der Waals surface area contributed by atoms with Crippen LogP contribution in [0.15, 0.2) is 39.2 Å². The number of hydrogen-bond acceptors (Lipinski definition) is 6. The molecule has 0 aliphatic rings. The van der Waals surface area contributed by atoms with Crippen LogP contribution in [0.5, 0.6) is 0 Å². The number of amides is 1. The summed E-state index contributed by atoms with van der Waals surface area (Å²) in [5.74, 6) is -0.517. The summed E-state index contributed by atoms with van der Waals surface area (Å²) in [7, 11) is 2.76. The number of hydrazone groups is 1. The number of nitrogens with two attached hydrogens (primary N) is 1. The first kappa shape index (κ1) is 15.2. The Labute approximate surface area is 124 Å². The summed E-state index contributed by atoms with van der Waals surface area (Å²) in [6.45, 7) is 0. The summed E-state index contributed by atoms with van der Waals surface area (Å²) in [5, 5.41) is 3.69. The lowest BCUT2D eigenvalue weighted by Crippen LogP contribution is -2.40. The second kappa shape index (κ2) is 6.04. The van der Waals surface area contributed by atoms with E-state index >= 15 is 0 Å². The van der Waals surface area contributed by atoms with E-state index < -0.39 is 17.2 Å². The maximum Gasteiger partial charge on any atom is 0.332 e. The van der Waals surface area contributed by atoms with E-state index in [0.29, 0.717) is 5.56 Å². The number of rotatable bonds is 3. The number of carbonyl (C=O) groups is 1. The third kappa shape index (κ3) is 2.77. The topological polar surface area (TPSA) is 124 Å². The molecule has 22 heavy (non-hydrogen) atoms. The lowest BCUT2D eigenvalue weighted by atomic mass is 10.3. The minimum absolute atomic E-state index is 0.0103. The van der Waals surface area contributed by atoms with E-state index in [9.17, 15) is 14.4 Å². The van der Waals surface area contributed by atoms with Crippen LogP contribution < -0.4 is 22.4 Å². The van der Waals surface area contributed by atoms with Crippen molar-refractivity contribution in [3.05, 3.63) is 56.5 Å². The highest BCUT2D eigenvalue weighted by atomic mass is 16.2. The fourth-order valence-corrected chi connectivity index (χ4v) is 1.72. The molecule has 0 fully saturated rings. The van der Waals surface area contributed by atoms with Crippen molar-refractivity contribution in [2.75, 3.05) is 5.73 Å². The Morgan fingerprint density at radius 3 is 2.73 bits per heavy atom. The van der Waals surface area contributed by atoms with Gasteiger partial charge in [0.25, 0.3) is 11.5 Å². The number of nitrogen functional groups attached to an aromatic ring is 1. The van der Waals surface area contributed by atoms with Crippen molar-refractivity contribution >= 4 is 17.9 Å². The van der Waals surface area contributed by atoms with Crippen molar-refractivity contribution < 1.29 is 4.79 Å². The van der Waals surface area contributed by atoms with Gasteiger partial charge in [0.05, 0.1) is 11.8 Å². The minimum atomic E-state index is -0.597. The minimum Gasteiger partial charge on any atom is -0.384 e. The maximum atomic E-state index is 12.0. The molecular weight excluding hydrogens is 288 g/mol. The van der Waals surface area contributed by atoms with Crippen LogP contribution in [0.25, 0.3) is 0 Å². The molecule has 2 heterocycles. The molecule has 0 aliphatic heterocycles. The number of nitrogens with one attached hydrogen (secondary N) is 1. The molecule has 9 heteroatoms. The van der Waals surface area contributed by atoms with Gasteiger partial charge in [-0.25, -0.2) is 10.2 Å². The van der Waals surface area contributed by atoms with Gasteiger partial charge in [-0.05, 0) is 12.1 Å². The van der Waals surface area contributed by atoms with Crippen molar-refractivity contribution in [1.29, 1.82) is 0 Å². The third-order valence-electron chi connectivity index (χ3n) is 3.03. The molecule has 0 radical (unpaired) electrons. The Morgan fingerprint density at radius 1 is 1.36 bits per heavy atom. The summed E-state index contributed by atoms with van der Waals surface area (Å²) in [6, 6.07) is 3.18. The summed E-state index contributed by atoms with van der Waals surface area (Å²) < 4.78 is 2.02. The van der Waals surface area contributed by atoms with E-state index in [-0.39, 0.29) is 11.4 Å². The first-order valence-corrected chi connectivity index (χ1v) is 6.22. The fourth-order valence-electron chi connectivity index (χ4n) is 1.72. The van der Waals surface area contributed by atoms with Crippen molar-refractivity contribution in [2.24, 2.45) is 19.2 Å². The molecule has 0 aliphatic carbocycles. The van der Waals surface area contributed by atoms with Crippen LogP contribution in [0.4, 0.5) is 5.82 Å². The average Bonchev–Trinajstić information content (AvgIpc) is 2.55. The Hall–Kier alpha value is -3.23. The summed E-state index contributed by atoms with van der Waals surface area (Å²) in [6.07, 6.45) is 4.02. The first-order valence-electron chi connectivity index (χ1n) is 6.22. The van der Waals surface area contributed by atoms with Crippen LogP contribution in [-0.4, -0.2) is 26.2 Å². The van der Waals surface area contributed by atoms with Crippen LogP contribution in [0.3, 0.4) is 0 Å². The van der Waals surface area contributed by atoms with Crippen LogP contribution in [0.1, 0.15) is 15.9 Å². The largest absolute Gasteiger partial charge is 0.384 e. The quantitative estimate of drug-likeness (QED) is 0.546. The molecule has 3 N–H and O–H groups in total. The maximum absolute atomic E-state index is 12.0. The highest BCUT2D eigenvalue weighted by Crippen LogP contribution is 1.99. The van der Waals surface area contributed by atoms with Crippen LogP contribution in [0, 0.1) is 0 Å². The Balaban J connectivity index is 2.27. The predicted molar refractivity (Wildman–Crippen MR) is 80.6 cm³/mol. The smallest absolute Gasteiger partial charge is 0.332 e. The third-order valence-corrected chi connectivity index (χ3v) is 3.03. The zero-order chi connectivity index (χ0) is 16.3. The number of carbonyl (C=O) groups excluding carboxylic acids is 1. The SMILES string of the molecule is Cn1c(N)c(C=NNC(=O)c2cccnc2)c(=O)n(C)c1=O. The van der Waals surface area contributed by atoms with Crippen molar-refractivity contribution in [3.8, 4) is 0 Å². The lowest BCUT2D eigenvalue weighted by molar-refractivity contribution is 0.0955. The molecule has 0 spiro atoms. The first-order chi connectivity index (χ1) is 10.4. The number of aromatic nitrogens is 3. The van der Waals surface area contributed by atoms with Crippen LogP contribution in [0.2, 0.25) is 0 Å². The van der Waals surface area contributed by atoms with Gasteiger partial charge in [-0.15, -0.1) is 0 Å². The van der Waals surface area contributed by atoms with E-state index in [1.807, 2.05) is 0 Å². The van der Waals surface area contributed by atoms with E-state index in [0.717, 1.165) is 15.3 Å². The Kier molecular flexibility index (Phi) is 4.16. The summed E-state index contributed by atoms with van der Waals surface area (Å²) in [5.41, 5.74) is 7.16. The molecule has 114 valence electrons. The van der Waals surface area contributed by atoms with Crippen molar-refractivity contribution in [3.63, 3.8) is 0 Å². The zero-order valence-corrected chi connectivity index (χ0v) is 12.0. The summed E-state index contributed by atoms with van der Waals surface area (Å²) >= 11 is 0. The van der Waals surface area contributed by atoms with Crippen LogP contribution in [-0.2, 0) is 14.1 Å². The standard InChI is InChI=1S/C13H14N6O3/c1-18-10(14)9(12(21)19(2)13(18)22)7-16-17-11(20)8-4-3-5-15-6-8/h3-7H,14H2,1-2H3,(H,17,20). The van der Waals surface area contributed by atoms with E-state index in [1.165, 1.54) is 26.5 Å². The second-order valence-electron chi connectivity index (χ2n) is 4.45. The van der Waals surface area contributed by atoms with Gasteiger partial charge >= 0.3 is 5.69 Å². The summed E-state index contributed by atoms with van der Waals surface area (Å²) in [4.78, 5) is 39.2. The molecule has 0 unspecified atom stereocenters. The predicted octanol–water partition coefficient (Wildman–Crippen LogP) is -1.17. The molecule has 0 atom stereocenters. The van der Waals surface area contributed by atoms with E-state index in [4.69, 9.17) is 5.73 Å². The van der Waals surface area contributed by atoms with E-state index in [2.05, 4.69) is 15.5 Å². The van der Waals surface area contributed by atoms with Gasteiger partial charge in [0.15, 0.2) is 0 Å². The zero-order valence-electron chi connectivity index (χ0n) is 12.0. The van der Waals surface area contributed by atoms with Gasteiger partial charge in [-0.2, -0.15) is 5.10 Å². The highest BCUT2D eigenvalue weighted by Gasteiger charge is 2.11. The monoisotopic (exact) mass is 302 g/mol.